The highest BCUT2D eigenvalue weighted by Crippen LogP contribution is 2.32. The molecule has 2 heteroatoms. The van der Waals surface area contributed by atoms with E-state index in [9.17, 15) is 0 Å². The fraction of sp³-hybridized carbons (Fsp3) is 0.240. The molecule has 136 valence electrons. The molecule has 0 unspecified atom stereocenters. The Kier molecular flexibility index (Phi) is 4.35. The van der Waals surface area contributed by atoms with Gasteiger partial charge < -0.3 is 0 Å². The van der Waals surface area contributed by atoms with Gasteiger partial charge in [-0.05, 0) is 48.1 Å². The van der Waals surface area contributed by atoms with Gasteiger partial charge in [-0.1, -0.05) is 75.4 Å². The maximum absolute atomic E-state index is 5.02. The Balaban J connectivity index is 2.02. The number of hydrogen-bond acceptors (Lipinski definition) is 1. The number of aryl methyl sites for hydroxylation is 1. The molecule has 2 nitrogen and oxygen atoms in total. The third kappa shape index (κ3) is 3.52. The van der Waals surface area contributed by atoms with Crippen molar-refractivity contribution in [1.82, 2.24) is 9.55 Å². The van der Waals surface area contributed by atoms with Crippen LogP contribution in [0, 0.1) is 12.3 Å². The molecule has 27 heavy (non-hydrogen) atoms. The number of fused-ring (bicyclic) bond motifs is 1. The van der Waals surface area contributed by atoms with Crippen LogP contribution in [-0.4, -0.2) is 9.55 Å². The molecule has 0 saturated carbocycles. The summed E-state index contributed by atoms with van der Waals surface area (Å²) in [5, 5.41) is 0. The van der Waals surface area contributed by atoms with Crippen molar-refractivity contribution in [3.05, 3.63) is 83.9 Å². The first-order valence-corrected chi connectivity index (χ1v) is 9.55. The minimum atomic E-state index is 0.218. The maximum atomic E-state index is 5.02. The molecular formula is C25H26N2. The zero-order chi connectivity index (χ0) is 19.0. The summed E-state index contributed by atoms with van der Waals surface area (Å²) in [4.78, 5) is 5.02. The van der Waals surface area contributed by atoms with Gasteiger partial charge in [0, 0.05) is 5.56 Å². The highest BCUT2D eigenvalue weighted by atomic mass is 15.1. The largest absolute Gasteiger partial charge is 0.292 e. The van der Waals surface area contributed by atoms with E-state index in [4.69, 9.17) is 4.98 Å². The lowest BCUT2D eigenvalue weighted by Crippen LogP contribution is -2.12. The molecule has 0 radical (unpaired) electrons. The van der Waals surface area contributed by atoms with Crippen molar-refractivity contribution in [2.24, 2.45) is 5.41 Å². The van der Waals surface area contributed by atoms with Crippen LogP contribution in [0.4, 0.5) is 0 Å². The van der Waals surface area contributed by atoms with Crippen LogP contribution in [0.1, 0.15) is 31.9 Å². The number of nitrogens with zero attached hydrogens (tertiary/aromatic N) is 2. The number of imidazole rings is 1. The van der Waals surface area contributed by atoms with Gasteiger partial charge in [-0.2, -0.15) is 0 Å². The van der Waals surface area contributed by atoms with E-state index in [1.807, 2.05) is 6.07 Å². The summed E-state index contributed by atoms with van der Waals surface area (Å²) in [6.45, 7) is 8.99. The summed E-state index contributed by atoms with van der Waals surface area (Å²) in [7, 11) is 0. The first-order chi connectivity index (χ1) is 12.9. The van der Waals surface area contributed by atoms with Gasteiger partial charge in [0.05, 0.1) is 16.7 Å². The van der Waals surface area contributed by atoms with E-state index in [2.05, 4.69) is 99.0 Å². The van der Waals surface area contributed by atoms with Gasteiger partial charge in [0.15, 0.2) is 0 Å². The van der Waals surface area contributed by atoms with E-state index in [1.165, 1.54) is 16.8 Å². The van der Waals surface area contributed by atoms with Gasteiger partial charge in [-0.15, -0.1) is 0 Å². The Morgan fingerprint density at radius 3 is 2.30 bits per heavy atom. The lowest BCUT2D eigenvalue weighted by molar-refractivity contribution is 0.411. The van der Waals surface area contributed by atoms with E-state index < -0.39 is 0 Å². The van der Waals surface area contributed by atoms with Gasteiger partial charge in [-0.3, -0.25) is 4.57 Å². The van der Waals surface area contributed by atoms with Crippen LogP contribution in [0.3, 0.4) is 0 Å². The molecule has 3 aromatic carbocycles. The Labute approximate surface area is 161 Å². The molecule has 0 atom stereocenters. The van der Waals surface area contributed by atoms with Crippen LogP contribution < -0.4 is 0 Å². The number of benzene rings is 3. The molecule has 4 rings (SSSR count). The number of hydrogen-bond donors (Lipinski definition) is 0. The minimum Gasteiger partial charge on any atom is -0.292 e. The van der Waals surface area contributed by atoms with Crippen molar-refractivity contribution < 1.29 is 0 Å². The van der Waals surface area contributed by atoms with Crippen LogP contribution in [0.25, 0.3) is 28.1 Å². The number of para-hydroxylation sites is 1. The molecule has 0 amide bonds. The van der Waals surface area contributed by atoms with E-state index in [-0.39, 0.29) is 5.41 Å². The second-order valence-corrected chi connectivity index (χ2v) is 8.50. The molecule has 0 aliphatic carbocycles. The smallest absolute Gasteiger partial charge is 0.145 e. The van der Waals surface area contributed by atoms with Gasteiger partial charge in [0.1, 0.15) is 5.82 Å². The third-order valence-electron chi connectivity index (χ3n) is 4.80. The van der Waals surface area contributed by atoms with E-state index in [0.717, 1.165) is 28.8 Å². The third-order valence-corrected chi connectivity index (χ3v) is 4.80. The fourth-order valence-electron chi connectivity index (χ4n) is 3.66. The summed E-state index contributed by atoms with van der Waals surface area (Å²) in [5.74, 6) is 0.998. The van der Waals surface area contributed by atoms with Crippen LogP contribution in [0.2, 0.25) is 0 Å². The Morgan fingerprint density at radius 1 is 0.852 bits per heavy atom. The monoisotopic (exact) mass is 354 g/mol. The summed E-state index contributed by atoms with van der Waals surface area (Å²) in [6, 6.07) is 25.7. The maximum Gasteiger partial charge on any atom is 0.145 e. The normalized spacial score (nSPS) is 11.9. The average molecular weight is 354 g/mol. The van der Waals surface area contributed by atoms with E-state index in [0.29, 0.717) is 0 Å². The van der Waals surface area contributed by atoms with Gasteiger partial charge in [0.2, 0.25) is 0 Å². The van der Waals surface area contributed by atoms with Crippen LogP contribution in [0.5, 0.6) is 0 Å². The van der Waals surface area contributed by atoms with Crippen molar-refractivity contribution in [3.8, 4) is 17.1 Å². The quantitative estimate of drug-likeness (QED) is 0.406. The summed E-state index contributed by atoms with van der Waals surface area (Å²) in [5.41, 5.74) is 7.35. The van der Waals surface area contributed by atoms with Gasteiger partial charge >= 0.3 is 0 Å². The zero-order valence-electron chi connectivity index (χ0n) is 16.5. The SMILES string of the molecule is Cc1ccc2c(c1)nc(-c1ccccc1)n2-c1ccccc1CC(C)(C)C. The first kappa shape index (κ1) is 17.5. The van der Waals surface area contributed by atoms with Crippen LogP contribution >= 0.6 is 0 Å². The van der Waals surface area contributed by atoms with Crippen molar-refractivity contribution >= 4 is 11.0 Å². The predicted octanol–water partition coefficient (Wildman–Crippen LogP) is 6.59. The molecule has 0 spiro atoms. The number of rotatable bonds is 3. The predicted molar refractivity (Wildman–Crippen MR) is 114 cm³/mol. The van der Waals surface area contributed by atoms with Crippen molar-refractivity contribution in [2.75, 3.05) is 0 Å². The molecule has 1 aromatic heterocycles. The molecular weight excluding hydrogens is 328 g/mol. The number of aromatic nitrogens is 2. The van der Waals surface area contributed by atoms with Gasteiger partial charge in [-0.25, -0.2) is 4.98 Å². The molecule has 0 aliphatic rings. The van der Waals surface area contributed by atoms with Crippen LogP contribution in [-0.2, 0) is 6.42 Å². The van der Waals surface area contributed by atoms with E-state index in [1.54, 1.807) is 0 Å². The minimum absolute atomic E-state index is 0.218. The molecule has 0 fully saturated rings. The summed E-state index contributed by atoms with van der Waals surface area (Å²) >= 11 is 0. The summed E-state index contributed by atoms with van der Waals surface area (Å²) in [6.07, 6.45) is 1.02. The highest BCUT2D eigenvalue weighted by Gasteiger charge is 2.19. The molecule has 1 heterocycles. The van der Waals surface area contributed by atoms with Crippen molar-refractivity contribution in [1.29, 1.82) is 0 Å². The lowest BCUT2D eigenvalue weighted by atomic mass is 9.87. The standard InChI is InChI=1S/C25H26N2/c1-18-14-15-23-21(16-18)26-24(19-10-6-5-7-11-19)27(23)22-13-9-8-12-20(22)17-25(2,3)4/h5-16H,17H2,1-4H3. The summed E-state index contributed by atoms with van der Waals surface area (Å²) < 4.78 is 2.32. The molecule has 0 bridgehead atoms. The van der Waals surface area contributed by atoms with E-state index >= 15 is 0 Å². The molecule has 0 saturated heterocycles. The molecule has 4 aromatic rings. The van der Waals surface area contributed by atoms with Crippen LogP contribution in [0.15, 0.2) is 72.8 Å². The second-order valence-electron chi connectivity index (χ2n) is 8.50. The lowest BCUT2D eigenvalue weighted by Gasteiger charge is -2.22. The van der Waals surface area contributed by atoms with Crippen molar-refractivity contribution in [2.45, 2.75) is 34.1 Å². The second kappa shape index (κ2) is 6.70. The average Bonchev–Trinajstić information content (AvgIpc) is 3.00. The Bertz CT molecular complexity index is 1080. The Morgan fingerprint density at radius 2 is 1.56 bits per heavy atom. The topological polar surface area (TPSA) is 17.8 Å². The van der Waals surface area contributed by atoms with Gasteiger partial charge in [0.25, 0.3) is 0 Å². The zero-order valence-corrected chi connectivity index (χ0v) is 16.5. The molecule has 0 aliphatic heterocycles. The highest BCUT2D eigenvalue weighted by molar-refractivity contribution is 5.84. The van der Waals surface area contributed by atoms with Crippen molar-refractivity contribution in [3.63, 3.8) is 0 Å². The first-order valence-electron chi connectivity index (χ1n) is 9.55. The molecule has 0 N–H and O–H groups in total. The Hall–Kier alpha value is -2.87. The fourth-order valence-corrected chi connectivity index (χ4v) is 3.66.